The molecule has 0 radical (unpaired) electrons. The molecule has 18 heavy (non-hydrogen) atoms. The molecule has 0 saturated heterocycles. The second kappa shape index (κ2) is 6.47. The summed E-state index contributed by atoms with van der Waals surface area (Å²) in [5, 5.41) is 0. The fourth-order valence-corrected chi connectivity index (χ4v) is 2.15. The number of anilines is 2. The number of hydrogen-bond acceptors (Lipinski definition) is 4. The van der Waals surface area contributed by atoms with E-state index in [0.717, 1.165) is 28.9 Å². The van der Waals surface area contributed by atoms with Crippen molar-refractivity contribution >= 4 is 27.4 Å². The van der Waals surface area contributed by atoms with E-state index in [1.807, 2.05) is 18.2 Å². The van der Waals surface area contributed by atoms with Crippen molar-refractivity contribution in [3.63, 3.8) is 0 Å². The third kappa shape index (κ3) is 3.05. The molecule has 0 bridgehead atoms. The molecule has 0 aliphatic rings. The van der Waals surface area contributed by atoms with E-state index in [0.29, 0.717) is 6.54 Å². The molecule has 1 aromatic heterocycles. The first-order valence-corrected chi connectivity index (χ1v) is 6.60. The normalized spacial score (nSPS) is 10.3. The molecule has 0 amide bonds. The SMILES string of the molecule is NCCCN(c1ccccc1)c1ncncc1Br. The summed E-state index contributed by atoms with van der Waals surface area (Å²) in [6.45, 7) is 1.49. The van der Waals surface area contributed by atoms with Crippen LogP contribution in [0.3, 0.4) is 0 Å². The van der Waals surface area contributed by atoms with E-state index in [2.05, 4.69) is 42.9 Å². The van der Waals surface area contributed by atoms with E-state index < -0.39 is 0 Å². The quantitative estimate of drug-likeness (QED) is 0.923. The maximum absolute atomic E-state index is 5.60. The van der Waals surface area contributed by atoms with Gasteiger partial charge in [0.2, 0.25) is 0 Å². The molecule has 0 atom stereocenters. The van der Waals surface area contributed by atoms with Crippen LogP contribution in [0.25, 0.3) is 0 Å². The van der Waals surface area contributed by atoms with Gasteiger partial charge in [-0.3, -0.25) is 0 Å². The highest BCUT2D eigenvalue weighted by molar-refractivity contribution is 9.10. The Bertz CT molecular complexity index is 489. The minimum atomic E-state index is 0.659. The van der Waals surface area contributed by atoms with Crippen molar-refractivity contribution in [3.05, 3.63) is 47.3 Å². The van der Waals surface area contributed by atoms with Crippen LogP contribution in [0.15, 0.2) is 47.3 Å². The Morgan fingerprint density at radius 1 is 1.22 bits per heavy atom. The van der Waals surface area contributed by atoms with E-state index >= 15 is 0 Å². The van der Waals surface area contributed by atoms with Gasteiger partial charge in [-0.2, -0.15) is 0 Å². The smallest absolute Gasteiger partial charge is 0.150 e. The first-order valence-electron chi connectivity index (χ1n) is 5.81. The molecule has 2 N–H and O–H groups in total. The summed E-state index contributed by atoms with van der Waals surface area (Å²) in [6, 6.07) is 10.1. The molecule has 2 rings (SSSR count). The molecule has 1 aromatic carbocycles. The standard InChI is InChI=1S/C13H15BrN4/c14-12-9-16-10-17-13(12)18(8-4-7-15)11-5-2-1-3-6-11/h1-3,5-6,9-10H,4,7-8,15H2. The van der Waals surface area contributed by atoms with E-state index in [9.17, 15) is 0 Å². The molecule has 5 heteroatoms. The first-order chi connectivity index (χ1) is 8.83. The lowest BCUT2D eigenvalue weighted by atomic mass is 10.2. The van der Waals surface area contributed by atoms with Crippen LogP contribution >= 0.6 is 15.9 Å². The van der Waals surface area contributed by atoms with E-state index in [1.165, 1.54) is 0 Å². The Morgan fingerprint density at radius 2 is 2.00 bits per heavy atom. The second-order valence-corrected chi connectivity index (χ2v) is 4.68. The molecular formula is C13H15BrN4. The number of halogens is 1. The summed E-state index contributed by atoms with van der Waals surface area (Å²) in [5.74, 6) is 0.865. The van der Waals surface area contributed by atoms with Crippen LogP contribution in [0.5, 0.6) is 0 Å². The van der Waals surface area contributed by atoms with Crippen LogP contribution in [0, 0.1) is 0 Å². The van der Waals surface area contributed by atoms with Crippen LogP contribution in [-0.4, -0.2) is 23.1 Å². The van der Waals surface area contributed by atoms with Gasteiger partial charge in [0.1, 0.15) is 6.33 Å². The molecular weight excluding hydrogens is 292 g/mol. The van der Waals surface area contributed by atoms with Gasteiger partial charge in [-0.1, -0.05) is 18.2 Å². The zero-order valence-corrected chi connectivity index (χ0v) is 11.5. The minimum Gasteiger partial charge on any atom is -0.330 e. The van der Waals surface area contributed by atoms with Gasteiger partial charge in [-0.25, -0.2) is 9.97 Å². The summed E-state index contributed by atoms with van der Waals surface area (Å²) in [6.07, 6.45) is 4.21. The molecule has 0 fully saturated rings. The number of benzene rings is 1. The monoisotopic (exact) mass is 306 g/mol. The van der Waals surface area contributed by atoms with Gasteiger partial charge in [0.05, 0.1) is 4.47 Å². The highest BCUT2D eigenvalue weighted by Gasteiger charge is 2.12. The van der Waals surface area contributed by atoms with Gasteiger partial charge in [0.25, 0.3) is 0 Å². The van der Waals surface area contributed by atoms with Crippen LogP contribution in [0.1, 0.15) is 6.42 Å². The molecule has 4 nitrogen and oxygen atoms in total. The molecule has 2 aromatic rings. The zero-order valence-electron chi connectivity index (χ0n) is 9.96. The number of para-hydroxylation sites is 1. The van der Waals surface area contributed by atoms with Crippen molar-refractivity contribution in [1.29, 1.82) is 0 Å². The van der Waals surface area contributed by atoms with Crippen LogP contribution in [-0.2, 0) is 0 Å². The van der Waals surface area contributed by atoms with Gasteiger partial charge in [-0.15, -0.1) is 0 Å². The number of aromatic nitrogens is 2. The minimum absolute atomic E-state index is 0.659. The number of hydrogen-bond donors (Lipinski definition) is 1. The Kier molecular flexibility index (Phi) is 4.66. The Morgan fingerprint density at radius 3 is 2.67 bits per heavy atom. The summed E-state index contributed by atoms with van der Waals surface area (Å²) < 4.78 is 0.880. The van der Waals surface area contributed by atoms with E-state index in [1.54, 1.807) is 12.5 Å². The third-order valence-corrected chi connectivity index (χ3v) is 3.12. The lowest BCUT2D eigenvalue weighted by molar-refractivity contribution is 0.807. The predicted molar refractivity (Wildman–Crippen MR) is 76.9 cm³/mol. The van der Waals surface area contributed by atoms with Crippen molar-refractivity contribution < 1.29 is 0 Å². The maximum Gasteiger partial charge on any atom is 0.150 e. The summed E-state index contributed by atoms with van der Waals surface area (Å²) in [7, 11) is 0. The lowest BCUT2D eigenvalue weighted by Crippen LogP contribution is -2.22. The molecule has 0 saturated carbocycles. The van der Waals surface area contributed by atoms with Crippen molar-refractivity contribution in [2.75, 3.05) is 18.0 Å². The van der Waals surface area contributed by atoms with Gasteiger partial charge >= 0.3 is 0 Å². The highest BCUT2D eigenvalue weighted by Crippen LogP contribution is 2.29. The van der Waals surface area contributed by atoms with E-state index in [4.69, 9.17) is 5.73 Å². The maximum atomic E-state index is 5.60. The highest BCUT2D eigenvalue weighted by atomic mass is 79.9. The van der Waals surface area contributed by atoms with Gasteiger partial charge in [0, 0.05) is 18.4 Å². The van der Waals surface area contributed by atoms with Crippen molar-refractivity contribution in [2.24, 2.45) is 5.73 Å². The fourth-order valence-electron chi connectivity index (χ4n) is 1.72. The van der Waals surface area contributed by atoms with Gasteiger partial charge in [0.15, 0.2) is 5.82 Å². The molecule has 0 spiro atoms. The van der Waals surface area contributed by atoms with Gasteiger partial charge < -0.3 is 10.6 Å². The third-order valence-electron chi connectivity index (χ3n) is 2.56. The summed E-state index contributed by atoms with van der Waals surface area (Å²) >= 11 is 3.49. The number of nitrogens with two attached hydrogens (primary N) is 1. The molecule has 94 valence electrons. The first kappa shape index (κ1) is 13.0. The average molecular weight is 307 g/mol. The van der Waals surface area contributed by atoms with Crippen molar-refractivity contribution in [3.8, 4) is 0 Å². The average Bonchev–Trinajstić information content (AvgIpc) is 2.42. The second-order valence-electron chi connectivity index (χ2n) is 3.82. The largest absolute Gasteiger partial charge is 0.330 e. The summed E-state index contributed by atoms with van der Waals surface area (Å²) in [4.78, 5) is 10.5. The van der Waals surface area contributed by atoms with Crippen LogP contribution < -0.4 is 10.6 Å². The summed E-state index contributed by atoms with van der Waals surface area (Å²) in [5.41, 5.74) is 6.70. The Balaban J connectivity index is 2.34. The molecule has 0 unspecified atom stereocenters. The molecule has 0 aliphatic carbocycles. The van der Waals surface area contributed by atoms with Gasteiger partial charge in [-0.05, 0) is 41.0 Å². The fraction of sp³-hybridized carbons (Fsp3) is 0.231. The molecule has 0 aliphatic heterocycles. The van der Waals surface area contributed by atoms with Crippen molar-refractivity contribution in [1.82, 2.24) is 9.97 Å². The van der Waals surface area contributed by atoms with Crippen molar-refractivity contribution in [2.45, 2.75) is 6.42 Å². The Hall–Kier alpha value is -1.46. The lowest BCUT2D eigenvalue weighted by Gasteiger charge is -2.24. The molecule has 1 heterocycles. The van der Waals surface area contributed by atoms with Crippen LogP contribution in [0.2, 0.25) is 0 Å². The zero-order chi connectivity index (χ0) is 12.8. The van der Waals surface area contributed by atoms with E-state index in [-0.39, 0.29) is 0 Å². The Labute approximate surface area is 115 Å². The van der Waals surface area contributed by atoms with Crippen LogP contribution in [0.4, 0.5) is 11.5 Å². The topological polar surface area (TPSA) is 55.0 Å². The number of nitrogens with zero attached hydrogens (tertiary/aromatic N) is 3. The number of rotatable bonds is 5. The predicted octanol–water partition coefficient (Wildman–Crippen LogP) is 2.73.